The average molecular weight is 315 g/mol. The minimum atomic E-state index is 0.318. The molecule has 0 aliphatic carbocycles. The van der Waals surface area contributed by atoms with E-state index in [4.69, 9.17) is 0 Å². The highest BCUT2D eigenvalue weighted by Gasteiger charge is 2.27. The molecule has 1 aromatic carbocycles. The van der Waals surface area contributed by atoms with Crippen molar-refractivity contribution >= 4 is 11.6 Å². The predicted octanol–water partition coefficient (Wildman–Crippen LogP) is 2.29. The lowest BCUT2D eigenvalue weighted by atomic mass is 9.96. The van der Waals surface area contributed by atoms with Crippen LogP contribution < -0.4 is 10.2 Å². The minimum absolute atomic E-state index is 0.318. The number of nitrogens with zero attached hydrogens (tertiary/aromatic N) is 2. The lowest BCUT2D eigenvalue weighted by molar-refractivity contribution is -0.130. The maximum atomic E-state index is 12.5. The van der Waals surface area contributed by atoms with Crippen molar-refractivity contribution in [3.63, 3.8) is 0 Å². The van der Waals surface area contributed by atoms with Gasteiger partial charge in [0.25, 0.3) is 0 Å². The molecular weight excluding hydrogens is 286 g/mol. The highest BCUT2D eigenvalue weighted by atomic mass is 16.2. The predicted molar refractivity (Wildman–Crippen MR) is 94.8 cm³/mol. The molecule has 1 N–H and O–H groups in total. The zero-order valence-electron chi connectivity index (χ0n) is 14.4. The molecule has 2 aliphatic rings. The Kier molecular flexibility index (Phi) is 5.21. The molecule has 126 valence electrons. The van der Waals surface area contributed by atoms with Crippen molar-refractivity contribution in [2.24, 2.45) is 5.92 Å². The maximum absolute atomic E-state index is 12.5. The number of amides is 1. The second-order valence-corrected chi connectivity index (χ2v) is 7.01. The van der Waals surface area contributed by atoms with Gasteiger partial charge in [-0.15, -0.1) is 0 Å². The van der Waals surface area contributed by atoms with Crippen LogP contribution >= 0.6 is 0 Å². The van der Waals surface area contributed by atoms with E-state index in [1.807, 2.05) is 7.05 Å². The summed E-state index contributed by atoms with van der Waals surface area (Å²) in [6.45, 7) is 5.98. The molecule has 0 spiro atoms. The summed E-state index contributed by atoms with van der Waals surface area (Å²) < 4.78 is 0. The summed E-state index contributed by atoms with van der Waals surface area (Å²) in [5.74, 6) is 0.942. The van der Waals surface area contributed by atoms with E-state index in [0.717, 1.165) is 39.0 Å². The summed E-state index contributed by atoms with van der Waals surface area (Å²) >= 11 is 0. The molecule has 1 amide bonds. The first-order chi connectivity index (χ1) is 11.2. The van der Waals surface area contributed by atoms with Crippen molar-refractivity contribution in [1.29, 1.82) is 0 Å². The molecule has 4 heteroatoms. The van der Waals surface area contributed by atoms with Crippen LogP contribution in [-0.2, 0) is 11.2 Å². The molecule has 0 saturated carbocycles. The van der Waals surface area contributed by atoms with E-state index in [1.165, 1.54) is 17.7 Å². The molecule has 0 bridgehead atoms. The Morgan fingerprint density at radius 2 is 2.13 bits per heavy atom. The zero-order valence-corrected chi connectivity index (χ0v) is 14.4. The Morgan fingerprint density at radius 1 is 1.30 bits per heavy atom. The fraction of sp³-hybridized carbons (Fsp3) is 0.632. The van der Waals surface area contributed by atoms with Gasteiger partial charge in [-0.3, -0.25) is 4.79 Å². The van der Waals surface area contributed by atoms with Gasteiger partial charge in [-0.1, -0.05) is 18.2 Å². The molecule has 1 fully saturated rings. The second kappa shape index (κ2) is 7.35. The van der Waals surface area contributed by atoms with Crippen LogP contribution in [-0.4, -0.2) is 50.1 Å². The van der Waals surface area contributed by atoms with Gasteiger partial charge < -0.3 is 15.1 Å². The van der Waals surface area contributed by atoms with Gasteiger partial charge in [0, 0.05) is 37.8 Å². The molecule has 1 saturated heterocycles. The molecule has 23 heavy (non-hydrogen) atoms. The first-order valence-electron chi connectivity index (χ1n) is 8.96. The largest absolute Gasteiger partial charge is 0.368 e. The smallest absolute Gasteiger partial charge is 0.224 e. The van der Waals surface area contributed by atoms with E-state index in [9.17, 15) is 4.79 Å². The number of nitrogens with one attached hydrogen (secondary N) is 1. The van der Waals surface area contributed by atoms with Crippen LogP contribution in [0.3, 0.4) is 0 Å². The molecule has 0 aromatic heterocycles. The number of fused-ring (bicyclic) bond motifs is 1. The molecule has 2 aliphatic heterocycles. The Labute approximate surface area is 139 Å². The van der Waals surface area contributed by atoms with Crippen molar-refractivity contribution in [3.8, 4) is 0 Å². The van der Waals surface area contributed by atoms with E-state index in [2.05, 4.69) is 46.3 Å². The number of anilines is 1. The zero-order chi connectivity index (χ0) is 16.2. The number of rotatable bonds is 5. The van der Waals surface area contributed by atoms with Crippen LogP contribution in [0.1, 0.15) is 31.7 Å². The van der Waals surface area contributed by atoms with E-state index < -0.39 is 0 Å². The van der Waals surface area contributed by atoms with Crippen LogP contribution in [0, 0.1) is 5.92 Å². The molecule has 2 heterocycles. The number of hydrogen-bond acceptors (Lipinski definition) is 3. The third-order valence-electron chi connectivity index (χ3n) is 5.36. The molecule has 2 unspecified atom stereocenters. The van der Waals surface area contributed by atoms with Crippen molar-refractivity contribution < 1.29 is 4.79 Å². The monoisotopic (exact) mass is 315 g/mol. The molecule has 2 atom stereocenters. The number of benzene rings is 1. The topological polar surface area (TPSA) is 35.6 Å². The van der Waals surface area contributed by atoms with Gasteiger partial charge >= 0.3 is 0 Å². The van der Waals surface area contributed by atoms with Crippen LogP contribution in [0.4, 0.5) is 5.69 Å². The van der Waals surface area contributed by atoms with Crippen LogP contribution in [0.25, 0.3) is 0 Å². The number of hydrogen-bond donors (Lipinski definition) is 1. The first kappa shape index (κ1) is 16.3. The standard InChI is InChI=1S/C19H29N3O/c1-15-7-8-17-5-3-4-6-18(17)22(15)12-10-19(23)21-11-9-16(14-21)13-20-2/h3-6,15-16,20H,7-14H2,1-2H3. The number of carbonyl (C=O) groups excluding carboxylic acids is 1. The second-order valence-electron chi connectivity index (χ2n) is 7.01. The molecular formula is C19H29N3O. The third kappa shape index (κ3) is 3.69. The molecule has 4 nitrogen and oxygen atoms in total. The van der Waals surface area contributed by atoms with E-state index in [1.54, 1.807) is 0 Å². The van der Waals surface area contributed by atoms with Gasteiger partial charge in [0.15, 0.2) is 0 Å². The summed E-state index contributed by atoms with van der Waals surface area (Å²) in [5.41, 5.74) is 2.75. The van der Waals surface area contributed by atoms with E-state index >= 15 is 0 Å². The van der Waals surface area contributed by atoms with Crippen LogP contribution in [0.5, 0.6) is 0 Å². The van der Waals surface area contributed by atoms with Gasteiger partial charge in [0.05, 0.1) is 0 Å². The summed E-state index contributed by atoms with van der Waals surface area (Å²) in [4.78, 5) is 17.0. The normalized spacial score (nSPS) is 23.9. The minimum Gasteiger partial charge on any atom is -0.368 e. The fourth-order valence-corrected chi connectivity index (χ4v) is 3.99. The highest BCUT2D eigenvalue weighted by Crippen LogP contribution is 2.30. The maximum Gasteiger partial charge on any atom is 0.224 e. The Hall–Kier alpha value is -1.55. The van der Waals surface area contributed by atoms with Gasteiger partial charge in [-0.05, 0) is 57.3 Å². The molecule has 3 rings (SSSR count). The number of para-hydroxylation sites is 1. The average Bonchev–Trinajstić information content (AvgIpc) is 3.03. The van der Waals surface area contributed by atoms with Crippen molar-refractivity contribution in [2.75, 3.05) is 38.1 Å². The number of carbonyl (C=O) groups is 1. The van der Waals surface area contributed by atoms with E-state index in [-0.39, 0.29) is 0 Å². The molecule has 0 radical (unpaired) electrons. The number of likely N-dealkylation sites (tertiary alicyclic amines) is 1. The van der Waals surface area contributed by atoms with Crippen LogP contribution in [0.2, 0.25) is 0 Å². The quantitative estimate of drug-likeness (QED) is 0.905. The van der Waals surface area contributed by atoms with Crippen molar-refractivity contribution in [2.45, 2.75) is 38.6 Å². The van der Waals surface area contributed by atoms with Gasteiger partial charge in [-0.2, -0.15) is 0 Å². The highest BCUT2D eigenvalue weighted by molar-refractivity contribution is 5.77. The Bertz CT molecular complexity index is 545. The van der Waals surface area contributed by atoms with Crippen LogP contribution in [0.15, 0.2) is 24.3 Å². The Balaban J connectivity index is 1.57. The molecule has 1 aromatic rings. The summed E-state index contributed by atoms with van der Waals surface area (Å²) in [6.07, 6.45) is 4.10. The summed E-state index contributed by atoms with van der Waals surface area (Å²) in [5, 5.41) is 3.22. The summed E-state index contributed by atoms with van der Waals surface area (Å²) in [6, 6.07) is 9.17. The van der Waals surface area contributed by atoms with Crippen molar-refractivity contribution in [1.82, 2.24) is 10.2 Å². The number of aryl methyl sites for hydroxylation is 1. The van der Waals surface area contributed by atoms with Crippen molar-refractivity contribution in [3.05, 3.63) is 29.8 Å². The Morgan fingerprint density at radius 3 is 2.96 bits per heavy atom. The fourth-order valence-electron chi connectivity index (χ4n) is 3.99. The lowest BCUT2D eigenvalue weighted by Crippen LogP contribution is -2.40. The lowest BCUT2D eigenvalue weighted by Gasteiger charge is -2.37. The van der Waals surface area contributed by atoms with E-state index in [0.29, 0.717) is 24.3 Å². The first-order valence-corrected chi connectivity index (χ1v) is 8.96. The van der Waals surface area contributed by atoms with Gasteiger partial charge in [-0.25, -0.2) is 0 Å². The van der Waals surface area contributed by atoms with Gasteiger partial charge in [0.2, 0.25) is 5.91 Å². The summed E-state index contributed by atoms with van der Waals surface area (Å²) in [7, 11) is 1.99. The van der Waals surface area contributed by atoms with Gasteiger partial charge in [0.1, 0.15) is 0 Å². The SMILES string of the molecule is CNCC1CCN(C(=O)CCN2c3ccccc3CCC2C)C1. The third-order valence-corrected chi connectivity index (χ3v) is 5.36.